The van der Waals surface area contributed by atoms with E-state index in [9.17, 15) is 4.79 Å². The number of carbonyl (C=O) groups excluding carboxylic acids is 1. The molecule has 0 aliphatic heterocycles. The third-order valence-electron chi connectivity index (χ3n) is 3.38. The lowest BCUT2D eigenvalue weighted by Gasteiger charge is -2.16. The van der Waals surface area contributed by atoms with Crippen LogP contribution < -0.4 is 9.80 Å². The van der Waals surface area contributed by atoms with E-state index in [1.807, 2.05) is 50.1 Å². The molecule has 0 aliphatic carbocycles. The predicted octanol–water partition coefficient (Wildman–Crippen LogP) is 4.36. The maximum absolute atomic E-state index is 12.6. The van der Waals surface area contributed by atoms with E-state index >= 15 is 0 Å². The van der Waals surface area contributed by atoms with Crippen LogP contribution in [0.5, 0.6) is 0 Å². The van der Waals surface area contributed by atoms with Gasteiger partial charge < -0.3 is 9.80 Å². The van der Waals surface area contributed by atoms with E-state index in [2.05, 4.69) is 0 Å². The van der Waals surface area contributed by atoms with Gasteiger partial charge in [-0.1, -0.05) is 23.2 Å². The summed E-state index contributed by atoms with van der Waals surface area (Å²) in [5.41, 5.74) is 2.84. The van der Waals surface area contributed by atoms with Crippen molar-refractivity contribution < 1.29 is 4.79 Å². The van der Waals surface area contributed by atoms with Crippen molar-refractivity contribution in [3.05, 3.63) is 57.6 Å². The Morgan fingerprint density at radius 3 is 1.41 bits per heavy atom. The molecule has 5 heteroatoms. The Morgan fingerprint density at radius 1 is 0.773 bits per heavy atom. The standard InChI is InChI=1S/C17H18Cl2N2O/c1-20(2)15-7-5-11(9-13(15)18)17(22)12-6-8-16(21(3)4)14(19)10-12/h5-10H,1-4H3. The van der Waals surface area contributed by atoms with E-state index in [1.165, 1.54) is 0 Å². The molecule has 0 fully saturated rings. The Labute approximate surface area is 141 Å². The lowest BCUT2D eigenvalue weighted by Crippen LogP contribution is -2.11. The normalized spacial score (nSPS) is 10.5. The minimum Gasteiger partial charge on any atom is -0.376 e. The molecule has 0 bridgehead atoms. The SMILES string of the molecule is CN(C)c1ccc(C(=O)c2ccc(N(C)C)c(Cl)c2)cc1Cl. The number of carbonyl (C=O) groups is 1. The first-order valence-electron chi connectivity index (χ1n) is 6.79. The lowest BCUT2D eigenvalue weighted by molar-refractivity contribution is 0.103. The number of benzene rings is 2. The molecular formula is C17H18Cl2N2O. The zero-order valence-electron chi connectivity index (χ0n) is 13.0. The molecule has 0 spiro atoms. The minimum atomic E-state index is -0.0978. The molecule has 0 radical (unpaired) electrons. The van der Waals surface area contributed by atoms with Crippen LogP contribution in [-0.2, 0) is 0 Å². The quantitative estimate of drug-likeness (QED) is 0.775. The van der Waals surface area contributed by atoms with Crippen LogP contribution in [0, 0.1) is 0 Å². The van der Waals surface area contributed by atoms with Crippen LogP contribution in [0.2, 0.25) is 10.0 Å². The third kappa shape index (κ3) is 3.37. The van der Waals surface area contributed by atoms with Crippen molar-refractivity contribution in [2.45, 2.75) is 0 Å². The Balaban J connectivity index is 2.36. The summed E-state index contributed by atoms with van der Waals surface area (Å²) in [6, 6.07) is 10.6. The fourth-order valence-electron chi connectivity index (χ4n) is 2.19. The molecule has 0 unspecified atom stereocenters. The number of nitrogens with zero attached hydrogens (tertiary/aromatic N) is 2. The van der Waals surface area contributed by atoms with Gasteiger partial charge in [0.1, 0.15) is 0 Å². The molecule has 0 saturated carbocycles. The van der Waals surface area contributed by atoms with Crippen molar-refractivity contribution in [1.82, 2.24) is 0 Å². The topological polar surface area (TPSA) is 23.6 Å². The summed E-state index contributed by atoms with van der Waals surface area (Å²) in [6.07, 6.45) is 0. The summed E-state index contributed by atoms with van der Waals surface area (Å²) in [6.45, 7) is 0. The van der Waals surface area contributed by atoms with Gasteiger partial charge in [-0.3, -0.25) is 4.79 Å². The molecular weight excluding hydrogens is 319 g/mol. The maximum atomic E-state index is 12.6. The van der Waals surface area contributed by atoms with Gasteiger partial charge in [0.2, 0.25) is 0 Å². The van der Waals surface area contributed by atoms with E-state index in [4.69, 9.17) is 23.2 Å². The first-order valence-corrected chi connectivity index (χ1v) is 7.55. The van der Waals surface area contributed by atoms with E-state index < -0.39 is 0 Å². The van der Waals surface area contributed by atoms with Crippen molar-refractivity contribution >= 4 is 40.4 Å². The van der Waals surface area contributed by atoms with Gasteiger partial charge in [-0.15, -0.1) is 0 Å². The molecule has 0 heterocycles. The van der Waals surface area contributed by atoms with E-state index in [1.54, 1.807) is 24.3 Å². The van der Waals surface area contributed by atoms with Crippen LogP contribution in [0.1, 0.15) is 15.9 Å². The largest absolute Gasteiger partial charge is 0.376 e. The van der Waals surface area contributed by atoms with Crippen LogP contribution in [0.15, 0.2) is 36.4 Å². The van der Waals surface area contributed by atoms with Crippen molar-refractivity contribution in [2.75, 3.05) is 38.0 Å². The van der Waals surface area contributed by atoms with Crippen LogP contribution in [-0.4, -0.2) is 34.0 Å². The fraction of sp³-hybridized carbons (Fsp3) is 0.235. The van der Waals surface area contributed by atoms with Gasteiger partial charge in [0.25, 0.3) is 0 Å². The summed E-state index contributed by atoms with van der Waals surface area (Å²) in [5.74, 6) is -0.0978. The van der Waals surface area contributed by atoms with E-state index in [0.29, 0.717) is 21.2 Å². The number of hydrogen-bond acceptors (Lipinski definition) is 3. The van der Waals surface area contributed by atoms with E-state index in [-0.39, 0.29) is 5.78 Å². The van der Waals surface area contributed by atoms with Crippen molar-refractivity contribution in [3.63, 3.8) is 0 Å². The Bertz CT molecular complexity index is 652. The second-order valence-electron chi connectivity index (χ2n) is 5.45. The zero-order chi connectivity index (χ0) is 16.4. The van der Waals surface area contributed by atoms with Gasteiger partial charge in [0.15, 0.2) is 5.78 Å². The van der Waals surface area contributed by atoms with Gasteiger partial charge >= 0.3 is 0 Å². The molecule has 0 saturated heterocycles. The van der Waals surface area contributed by atoms with Crippen LogP contribution >= 0.6 is 23.2 Å². The van der Waals surface area contributed by atoms with Crippen molar-refractivity contribution in [3.8, 4) is 0 Å². The van der Waals surface area contributed by atoms with Gasteiger partial charge in [0, 0.05) is 39.3 Å². The monoisotopic (exact) mass is 336 g/mol. The van der Waals surface area contributed by atoms with Gasteiger partial charge in [0.05, 0.1) is 21.4 Å². The summed E-state index contributed by atoms with van der Waals surface area (Å²) in [5, 5.41) is 1.10. The highest BCUT2D eigenvalue weighted by Gasteiger charge is 2.14. The number of ketones is 1. The second-order valence-corrected chi connectivity index (χ2v) is 6.26. The highest BCUT2D eigenvalue weighted by molar-refractivity contribution is 6.34. The van der Waals surface area contributed by atoms with Gasteiger partial charge in [-0.05, 0) is 36.4 Å². The summed E-state index contributed by atoms with van der Waals surface area (Å²) in [4.78, 5) is 16.4. The number of halogens is 2. The summed E-state index contributed by atoms with van der Waals surface area (Å²) < 4.78 is 0. The molecule has 22 heavy (non-hydrogen) atoms. The van der Waals surface area contributed by atoms with Crippen LogP contribution in [0.4, 0.5) is 11.4 Å². The van der Waals surface area contributed by atoms with Crippen LogP contribution in [0.25, 0.3) is 0 Å². The second kappa shape index (κ2) is 6.59. The molecule has 116 valence electrons. The fourth-order valence-corrected chi connectivity index (χ4v) is 2.89. The number of rotatable bonds is 4. The maximum Gasteiger partial charge on any atom is 0.193 e. The van der Waals surface area contributed by atoms with E-state index in [0.717, 1.165) is 11.4 Å². The van der Waals surface area contributed by atoms with Crippen molar-refractivity contribution in [1.29, 1.82) is 0 Å². The van der Waals surface area contributed by atoms with Crippen LogP contribution in [0.3, 0.4) is 0 Å². The minimum absolute atomic E-state index is 0.0978. The molecule has 2 rings (SSSR count). The number of hydrogen-bond donors (Lipinski definition) is 0. The molecule has 0 aliphatic rings. The summed E-state index contributed by atoms with van der Waals surface area (Å²) in [7, 11) is 7.62. The molecule has 0 amide bonds. The Hall–Kier alpha value is -1.71. The smallest absolute Gasteiger partial charge is 0.193 e. The first kappa shape index (κ1) is 16.7. The third-order valence-corrected chi connectivity index (χ3v) is 3.99. The first-order chi connectivity index (χ1) is 10.3. The molecule has 3 nitrogen and oxygen atoms in total. The molecule has 2 aromatic rings. The van der Waals surface area contributed by atoms with Gasteiger partial charge in [-0.2, -0.15) is 0 Å². The summed E-state index contributed by atoms with van der Waals surface area (Å²) >= 11 is 12.5. The number of anilines is 2. The highest BCUT2D eigenvalue weighted by Crippen LogP contribution is 2.29. The average molecular weight is 337 g/mol. The molecule has 0 N–H and O–H groups in total. The van der Waals surface area contributed by atoms with Gasteiger partial charge in [-0.25, -0.2) is 0 Å². The zero-order valence-corrected chi connectivity index (χ0v) is 14.5. The molecule has 0 aromatic heterocycles. The Kier molecular flexibility index (Phi) is 4.99. The average Bonchev–Trinajstić information content (AvgIpc) is 2.45. The molecule has 2 aromatic carbocycles. The highest BCUT2D eigenvalue weighted by atomic mass is 35.5. The molecule has 0 atom stereocenters. The lowest BCUT2D eigenvalue weighted by atomic mass is 10.0. The Morgan fingerprint density at radius 2 is 1.14 bits per heavy atom. The predicted molar refractivity (Wildman–Crippen MR) is 95.0 cm³/mol. The van der Waals surface area contributed by atoms with Crippen molar-refractivity contribution in [2.24, 2.45) is 0 Å².